The van der Waals surface area contributed by atoms with Gasteiger partial charge in [0.1, 0.15) is 17.5 Å². The van der Waals surface area contributed by atoms with E-state index in [1.807, 2.05) is 23.7 Å². The summed E-state index contributed by atoms with van der Waals surface area (Å²) in [5.41, 5.74) is 3.58. The lowest BCUT2D eigenvalue weighted by atomic mass is 10.1. The second kappa shape index (κ2) is 5.03. The molecule has 0 amide bonds. The third kappa shape index (κ3) is 2.04. The standard InChI is InChI=1S/C11H16N4O2/c1-3-15-11(9(16-2)7-13-15)10(14-12)8-5-4-6-17-8/h4-7,10,14H,3,12H2,1-2H3. The quantitative estimate of drug-likeness (QED) is 0.599. The van der Waals surface area contributed by atoms with Crippen LogP contribution in [-0.2, 0) is 6.54 Å². The lowest BCUT2D eigenvalue weighted by Crippen LogP contribution is -2.30. The van der Waals surface area contributed by atoms with Crippen molar-refractivity contribution >= 4 is 0 Å². The first-order valence-corrected chi connectivity index (χ1v) is 5.41. The molecule has 6 heteroatoms. The monoisotopic (exact) mass is 236 g/mol. The summed E-state index contributed by atoms with van der Waals surface area (Å²) in [6, 6.07) is 3.40. The molecular weight excluding hydrogens is 220 g/mol. The van der Waals surface area contributed by atoms with Crippen molar-refractivity contribution in [3.05, 3.63) is 36.0 Å². The van der Waals surface area contributed by atoms with E-state index in [-0.39, 0.29) is 6.04 Å². The molecule has 0 aromatic carbocycles. The lowest BCUT2D eigenvalue weighted by Gasteiger charge is -2.16. The van der Waals surface area contributed by atoms with Crippen LogP contribution in [0.15, 0.2) is 29.0 Å². The highest BCUT2D eigenvalue weighted by molar-refractivity contribution is 5.33. The van der Waals surface area contributed by atoms with Gasteiger partial charge in [-0.15, -0.1) is 0 Å². The highest BCUT2D eigenvalue weighted by atomic mass is 16.5. The summed E-state index contributed by atoms with van der Waals surface area (Å²) in [7, 11) is 1.61. The van der Waals surface area contributed by atoms with E-state index >= 15 is 0 Å². The van der Waals surface area contributed by atoms with Crippen molar-refractivity contribution in [2.24, 2.45) is 5.84 Å². The Morgan fingerprint density at radius 3 is 3.00 bits per heavy atom. The van der Waals surface area contributed by atoms with Crippen LogP contribution in [-0.4, -0.2) is 16.9 Å². The summed E-state index contributed by atoms with van der Waals surface area (Å²) in [5.74, 6) is 7.01. The van der Waals surface area contributed by atoms with E-state index in [4.69, 9.17) is 15.0 Å². The van der Waals surface area contributed by atoms with Gasteiger partial charge in [-0.25, -0.2) is 5.43 Å². The van der Waals surface area contributed by atoms with Gasteiger partial charge in [-0.3, -0.25) is 10.5 Å². The molecule has 1 atom stereocenters. The second-order valence-electron chi connectivity index (χ2n) is 3.53. The number of ether oxygens (including phenoxy) is 1. The molecular formula is C11H16N4O2. The van der Waals surface area contributed by atoms with E-state index in [0.717, 1.165) is 18.0 Å². The molecule has 0 bridgehead atoms. The van der Waals surface area contributed by atoms with E-state index in [9.17, 15) is 0 Å². The van der Waals surface area contributed by atoms with E-state index in [1.54, 1.807) is 19.6 Å². The Labute approximate surface area is 99.3 Å². The average Bonchev–Trinajstić information content (AvgIpc) is 2.99. The zero-order valence-electron chi connectivity index (χ0n) is 9.88. The number of furan rings is 1. The first kappa shape index (κ1) is 11.7. The van der Waals surface area contributed by atoms with E-state index in [2.05, 4.69) is 10.5 Å². The minimum absolute atomic E-state index is 0.276. The molecule has 2 aromatic rings. The van der Waals surface area contributed by atoms with Gasteiger partial charge < -0.3 is 9.15 Å². The molecule has 2 aromatic heterocycles. The van der Waals surface area contributed by atoms with Crippen LogP contribution >= 0.6 is 0 Å². The molecule has 0 fully saturated rings. The van der Waals surface area contributed by atoms with Crippen LogP contribution in [0.25, 0.3) is 0 Å². The summed E-state index contributed by atoms with van der Waals surface area (Å²) in [6.45, 7) is 2.74. The van der Waals surface area contributed by atoms with Crippen LogP contribution in [0, 0.1) is 0 Å². The summed E-state index contributed by atoms with van der Waals surface area (Å²) in [6.07, 6.45) is 3.28. The van der Waals surface area contributed by atoms with Gasteiger partial charge in [0.15, 0.2) is 5.75 Å². The van der Waals surface area contributed by atoms with E-state index < -0.39 is 0 Å². The van der Waals surface area contributed by atoms with Gasteiger partial charge in [0.25, 0.3) is 0 Å². The van der Waals surface area contributed by atoms with Crippen molar-refractivity contribution in [2.75, 3.05) is 7.11 Å². The largest absolute Gasteiger partial charge is 0.493 e. The zero-order chi connectivity index (χ0) is 12.3. The molecule has 0 aliphatic heterocycles. The molecule has 0 saturated heterocycles. The maximum absolute atomic E-state index is 5.60. The number of hydrogen-bond acceptors (Lipinski definition) is 5. The van der Waals surface area contributed by atoms with Crippen LogP contribution in [0.2, 0.25) is 0 Å². The number of nitrogens with two attached hydrogens (primary N) is 1. The number of methoxy groups -OCH3 is 1. The minimum Gasteiger partial charge on any atom is -0.493 e. The second-order valence-corrected chi connectivity index (χ2v) is 3.53. The van der Waals surface area contributed by atoms with Gasteiger partial charge in [0.2, 0.25) is 0 Å². The molecule has 92 valence electrons. The predicted molar refractivity (Wildman–Crippen MR) is 62.3 cm³/mol. The lowest BCUT2D eigenvalue weighted by molar-refractivity contribution is 0.384. The fourth-order valence-electron chi connectivity index (χ4n) is 1.83. The number of aromatic nitrogens is 2. The molecule has 3 N–H and O–H groups in total. The van der Waals surface area contributed by atoms with Crippen molar-refractivity contribution in [2.45, 2.75) is 19.5 Å². The summed E-state index contributed by atoms with van der Waals surface area (Å²) in [4.78, 5) is 0. The van der Waals surface area contributed by atoms with Crippen molar-refractivity contribution in [3.63, 3.8) is 0 Å². The summed E-state index contributed by atoms with van der Waals surface area (Å²) in [5, 5.41) is 4.24. The van der Waals surface area contributed by atoms with Crippen LogP contribution in [0.3, 0.4) is 0 Å². The van der Waals surface area contributed by atoms with Crippen LogP contribution in [0.1, 0.15) is 24.4 Å². The van der Waals surface area contributed by atoms with E-state index in [0.29, 0.717) is 5.75 Å². The van der Waals surface area contributed by atoms with Gasteiger partial charge in [-0.2, -0.15) is 5.10 Å². The summed E-state index contributed by atoms with van der Waals surface area (Å²) >= 11 is 0. The number of hydrazine groups is 1. The molecule has 2 rings (SSSR count). The Kier molecular flexibility index (Phi) is 3.46. The molecule has 17 heavy (non-hydrogen) atoms. The van der Waals surface area contributed by atoms with Crippen LogP contribution < -0.4 is 16.0 Å². The van der Waals surface area contributed by atoms with Crippen molar-refractivity contribution in [1.29, 1.82) is 0 Å². The first-order valence-electron chi connectivity index (χ1n) is 5.41. The smallest absolute Gasteiger partial charge is 0.162 e. The molecule has 0 radical (unpaired) electrons. The maximum atomic E-state index is 5.60. The van der Waals surface area contributed by atoms with Gasteiger partial charge in [-0.1, -0.05) is 0 Å². The molecule has 2 heterocycles. The van der Waals surface area contributed by atoms with Crippen LogP contribution in [0.4, 0.5) is 0 Å². The molecule has 6 nitrogen and oxygen atoms in total. The van der Waals surface area contributed by atoms with Crippen molar-refractivity contribution < 1.29 is 9.15 Å². The van der Waals surface area contributed by atoms with Gasteiger partial charge in [-0.05, 0) is 19.1 Å². The SMILES string of the molecule is CCn1ncc(OC)c1C(NN)c1ccco1. The van der Waals surface area contributed by atoms with Crippen molar-refractivity contribution in [3.8, 4) is 5.75 Å². The Bertz CT molecular complexity index is 442. The fraction of sp³-hybridized carbons (Fsp3) is 0.364. The Hall–Kier alpha value is -1.79. The number of aryl methyl sites for hydroxylation is 1. The maximum Gasteiger partial charge on any atom is 0.162 e. The Morgan fingerprint density at radius 1 is 1.65 bits per heavy atom. The minimum atomic E-state index is -0.276. The highest BCUT2D eigenvalue weighted by Gasteiger charge is 2.24. The third-order valence-electron chi connectivity index (χ3n) is 2.63. The van der Waals surface area contributed by atoms with Gasteiger partial charge in [0, 0.05) is 6.54 Å². The first-order chi connectivity index (χ1) is 8.31. The molecule has 0 saturated carbocycles. The molecule has 1 unspecified atom stereocenters. The predicted octanol–water partition coefficient (Wildman–Crippen LogP) is 1.06. The number of nitrogens with zero attached hydrogens (tertiary/aromatic N) is 2. The Balaban J connectivity index is 2.46. The number of rotatable bonds is 5. The van der Waals surface area contributed by atoms with Gasteiger partial charge >= 0.3 is 0 Å². The normalized spacial score (nSPS) is 12.6. The van der Waals surface area contributed by atoms with Gasteiger partial charge in [0.05, 0.1) is 19.6 Å². The molecule has 0 aliphatic rings. The molecule has 0 spiro atoms. The topological polar surface area (TPSA) is 78.2 Å². The Morgan fingerprint density at radius 2 is 2.47 bits per heavy atom. The van der Waals surface area contributed by atoms with Crippen LogP contribution in [0.5, 0.6) is 5.75 Å². The third-order valence-corrected chi connectivity index (χ3v) is 2.63. The van der Waals surface area contributed by atoms with E-state index in [1.165, 1.54) is 0 Å². The highest BCUT2D eigenvalue weighted by Crippen LogP contribution is 2.29. The number of hydrogen-bond donors (Lipinski definition) is 2. The molecule has 0 aliphatic carbocycles. The zero-order valence-corrected chi connectivity index (χ0v) is 9.88. The fourth-order valence-corrected chi connectivity index (χ4v) is 1.83. The van der Waals surface area contributed by atoms with Crippen molar-refractivity contribution in [1.82, 2.24) is 15.2 Å². The summed E-state index contributed by atoms with van der Waals surface area (Å²) < 4.78 is 12.5. The average molecular weight is 236 g/mol. The number of nitrogens with one attached hydrogen (secondary N) is 1.